The Morgan fingerprint density at radius 1 is 1.21 bits per heavy atom. The van der Waals surface area contributed by atoms with Crippen LogP contribution in [0.5, 0.6) is 0 Å². The third-order valence-corrected chi connectivity index (χ3v) is 2.22. The van der Waals surface area contributed by atoms with Crippen LogP contribution in [-0.4, -0.2) is 4.98 Å². The van der Waals surface area contributed by atoms with Gasteiger partial charge in [-0.2, -0.15) is 5.26 Å². The highest BCUT2D eigenvalue weighted by molar-refractivity contribution is 5.62. The number of aromatic nitrogens is 1. The van der Waals surface area contributed by atoms with Crippen LogP contribution in [0.2, 0.25) is 0 Å². The fraction of sp³-hybridized carbons (Fsp3) is 0.0833. The number of nitrogens with zero attached hydrogens (tertiary/aromatic N) is 1. The zero-order chi connectivity index (χ0) is 9.97. The fourth-order valence-electron chi connectivity index (χ4n) is 1.45. The summed E-state index contributed by atoms with van der Waals surface area (Å²) in [6.45, 7) is 1.91. The van der Waals surface area contributed by atoms with Crippen molar-refractivity contribution >= 4 is 0 Å². The van der Waals surface area contributed by atoms with Gasteiger partial charge in [0.2, 0.25) is 0 Å². The molecule has 0 saturated carbocycles. The lowest BCUT2D eigenvalue weighted by Gasteiger charge is -1.95. The Balaban J connectivity index is 2.50. The summed E-state index contributed by atoms with van der Waals surface area (Å²) in [6.07, 6.45) is 0. The summed E-state index contributed by atoms with van der Waals surface area (Å²) in [5.74, 6) is 0. The normalized spacial score (nSPS) is 9.71. The zero-order valence-corrected chi connectivity index (χ0v) is 7.91. The zero-order valence-electron chi connectivity index (χ0n) is 7.91. The molecular weight excluding hydrogens is 172 g/mol. The summed E-state index contributed by atoms with van der Waals surface area (Å²) >= 11 is 0. The van der Waals surface area contributed by atoms with Crippen molar-refractivity contribution < 1.29 is 0 Å². The lowest BCUT2D eigenvalue weighted by Crippen LogP contribution is -1.76. The van der Waals surface area contributed by atoms with Gasteiger partial charge in [0, 0.05) is 11.4 Å². The van der Waals surface area contributed by atoms with Crippen LogP contribution in [0.4, 0.5) is 0 Å². The van der Waals surface area contributed by atoms with Gasteiger partial charge in [0.1, 0.15) is 6.07 Å². The molecule has 1 heterocycles. The van der Waals surface area contributed by atoms with Crippen molar-refractivity contribution in [2.45, 2.75) is 6.92 Å². The first kappa shape index (κ1) is 8.58. The Kier molecular flexibility index (Phi) is 2.08. The first-order valence-corrected chi connectivity index (χ1v) is 4.46. The van der Waals surface area contributed by atoms with Crippen molar-refractivity contribution in [1.29, 1.82) is 5.26 Å². The Hall–Kier alpha value is -2.01. The number of nitriles is 1. The molecule has 0 saturated heterocycles. The molecule has 1 aromatic carbocycles. The molecule has 0 fully saturated rings. The SMILES string of the molecule is Cc1[nH]c(-c2ccccc2)cc1C#N. The largest absolute Gasteiger partial charge is 0.358 e. The van der Waals surface area contributed by atoms with Crippen LogP contribution in [0.3, 0.4) is 0 Å². The van der Waals surface area contributed by atoms with Crippen molar-refractivity contribution in [3.8, 4) is 17.3 Å². The minimum Gasteiger partial charge on any atom is -0.358 e. The summed E-state index contributed by atoms with van der Waals surface area (Å²) < 4.78 is 0. The molecule has 0 spiro atoms. The van der Waals surface area contributed by atoms with Crippen LogP contribution < -0.4 is 0 Å². The van der Waals surface area contributed by atoms with Gasteiger partial charge in [-0.1, -0.05) is 30.3 Å². The van der Waals surface area contributed by atoms with Crippen LogP contribution in [0, 0.1) is 18.3 Å². The van der Waals surface area contributed by atoms with Crippen LogP contribution in [0.25, 0.3) is 11.3 Å². The van der Waals surface area contributed by atoms with Crippen molar-refractivity contribution in [3.05, 3.63) is 47.7 Å². The van der Waals surface area contributed by atoms with E-state index in [1.54, 1.807) is 0 Å². The van der Waals surface area contributed by atoms with Crippen molar-refractivity contribution in [3.63, 3.8) is 0 Å². The number of H-pyrrole nitrogens is 1. The van der Waals surface area contributed by atoms with Gasteiger partial charge in [-0.3, -0.25) is 0 Å². The molecule has 1 N–H and O–H groups in total. The van der Waals surface area contributed by atoms with Gasteiger partial charge in [0.05, 0.1) is 5.56 Å². The van der Waals surface area contributed by atoms with E-state index in [0.717, 1.165) is 17.0 Å². The van der Waals surface area contributed by atoms with Crippen LogP contribution in [-0.2, 0) is 0 Å². The van der Waals surface area contributed by atoms with Gasteiger partial charge < -0.3 is 4.98 Å². The molecule has 1 aromatic heterocycles. The number of nitrogens with one attached hydrogen (secondary N) is 1. The second kappa shape index (κ2) is 3.39. The van der Waals surface area contributed by atoms with Gasteiger partial charge in [-0.15, -0.1) is 0 Å². The monoisotopic (exact) mass is 182 g/mol. The molecule has 2 aromatic rings. The quantitative estimate of drug-likeness (QED) is 0.723. The third kappa shape index (κ3) is 1.40. The molecule has 0 atom stereocenters. The molecular formula is C12H10N2. The molecule has 0 aliphatic carbocycles. The lowest BCUT2D eigenvalue weighted by atomic mass is 10.1. The van der Waals surface area contributed by atoms with Crippen molar-refractivity contribution in [2.75, 3.05) is 0 Å². The molecule has 14 heavy (non-hydrogen) atoms. The maximum Gasteiger partial charge on any atom is 0.101 e. The van der Waals surface area contributed by atoms with Crippen LogP contribution in [0.15, 0.2) is 36.4 Å². The summed E-state index contributed by atoms with van der Waals surface area (Å²) in [5.41, 5.74) is 3.74. The van der Waals surface area contributed by atoms with E-state index in [1.807, 2.05) is 43.3 Å². The van der Waals surface area contributed by atoms with Crippen LogP contribution >= 0.6 is 0 Å². The summed E-state index contributed by atoms with van der Waals surface area (Å²) in [4.78, 5) is 3.19. The molecule has 2 nitrogen and oxygen atoms in total. The van der Waals surface area contributed by atoms with Gasteiger partial charge in [0.25, 0.3) is 0 Å². The maximum atomic E-state index is 8.81. The molecule has 2 heteroatoms. The standard InChI is InChI=1S/C12H10N2/c1-9-11(8-13)7-12(14-9)10-5-3-2-4-6-10/h2-7,14H,1H3. The smallest absolute Gasteiger partial charge is 0.101 e. The van der Waals surface area contributed by atoms with E-state index in [9.17, 15) is 0 Å². The molecule has 68 valence electrons. The Morgan fingerprint density at radius 3 is 2.50 bits per heavy atom. The van der Waals surface area contributed by atoms with Gasteiger partial charge >= 0.3 is 0 Å². The fourth-order valence-corrected chi connectivity index (χ4v) is 1.45. The number of hydrogen-bond acceptors (Lipinski definition) is 1. The molecule has 0 aliphatic heterocycles. The van der Waals surface area contributed by atoms with Crippen molar-refractivity contribution in [2.24, 2.45) is 0 Å². The number of aryl methyl sites for hydroxylation is 1. The highest BCUT2D eigenvalue weighted by Gasteiger charge is 2.04. The molecule has 0 bridgehead atoms. The van der Waals surface area contributed by atoms with E-state index in [1.165, 1.54) is 0 Å². The Labute approximate surface area is 82.8 Å². The predicted molar refractivity (Wildman–Crippen MR) is 55.7 cm³/mol. The minimum absolute atomic E-state index is 0.712. The number of rotatable bonds is 1. The van der Waals surface area contributed by atoms with E-state index in [4.69, 9.17) is 5.26 Å². The second-order valence-corrected chi connectivity index (χ2v) is 3.20. The van der Waals surface area contributed by atoms with Gasteiger partial charge in [-0.25, -0.2) is 0 Å². The number of aromatic amines is 1. The van der Waals surface area contributed by atoms with E-state index in [2.05, 4.69) is 11.1 Å². The average molecular weight is 182 g/mol. The first-order valence-electron chi connectivity index (χ1n) is 4.46. The molecule has 0 unspecified atom stereocenters. The predicted octanol–water partition coefficient (Wildman–Crippen LogP) is 2.86. The van der Waals surface area contributed by atoms with Gasteiger partial charge in [0.15, 0.2) is 0 Å². The van der Waals surface area contributed by atoms with Crippen LogP contribution in [0.1, 0.15) is 11.3 Å². The third-order valence-electron chi connectivity index (χ3n) is 2.22. The summed E-state index contributed by atoms with van der Waals surface area (Å²) in [7, 11) is 0. The molecule has 0 amide bonds. The second-order valence-electron chi connectivity index (χ2n) is 3.20. The maximum absolute atomic E-state index is 8.81. The highest BCUT2D eigenvalue weighted by atomic mass is 14.7. The van der Waals surface area contributed by atoms with E-state index in [0.29, 0.717) is 5.56 Å². The van der Waals surface area contributed by atoms with E-state index in [-0.39, 0.29) is 0 Å². The molecule has 0 radical (unpaired) electrons. The summed E-state index contributed by atoms with van der Waals surface area (Å²) in [6, 6.07) is 14.0. The molecule has 0 aliphatic rings. The molecule has 2 rings (SSSR count). The topological polar surface area (TPSA) is 39.6 Å². The number of benzene rings is 1. The van der Waals surface area contributed by atoms with Crippen molar-refractivity contribution in [1.82, 2.24) is 4.98 Å². The van der Waals surface area contributed by atoms with E-state index < -0.39 is 0 Å². The number of hydrogen-bond donors (Lipinski definition) is 1. The Morgan fingerprint density at radius 2 is 1.93 bits per heavy atom. The lowest BCUT2D eigenvalue weighted by molar-refractivity contribution is 1.25. The minimum atomic E-state index is 0.712. The Bertz CT molecular complexity index is 475. The summed E-state index contributed by atoms with van der Waals surface area (Å²) in [5, 5.41) is 8.81. The van der Waals surface area contributed by atoms with E-state index >= 15 is 0 Å². The highest BCUT2D eigenvalue weighted by Crippen LogP contribution is 2.20. The van der Waals surface area contributed by atoms with Gasteiger partial charge in [-0.05, 0) is 18.6 Å². The first-order chi connectivity index (χ1) is 6.81. The average Bonchev–Trinajstić information content (AvgIpc) is 2.61.